The zero-order valence-electron chi connectivity index (χ0n) is 15.6. The van der Waals surface area contributed by atoms with Gasteiger partial charge in [-0.25, -0.2) is 0 Å². The minimum absolute atomic E-state index is 0.0803. The molecule has 3 aromatic rings. The molecule has 6 heteroatoms. The number of aromatic nitrogens is 3. The van der Waals surface area contributed by atoms with Crippen molar-refractivity contribution in [1.82, 2.24) is 19.8 Å². The summed E-state index contributed by atoms with van der Waals surface area (Å²) in [6, 6.07) is 10.2. The maximum absolute atomic E-state index is 12.9. The van der Waals surface area contributed by atoms with E-state index in [4.69, 9.17) is 4.52 Å². The van der Waals surface area contributed by atoms with E-state index in [1.54, 1.807) is 25.1 Å². The summed E-state index contributed by atoms with van der Waals surface area (Å²) in [5, 5.41) is 8.36. The Morgan fingerprint density at radius 3 is 2.65 bits per heavy atom. The molecular formula is C20H24N4O2. The maximum atomic E-state index is 12.9. The van der Waals surface area contributed by atoms with Crippen LogP contribution in [0.25, 0.3) is 0 Å². The molecule has 0 saturated carbocycles. The molecular weight excluding hydrogens is 328 g/mol. The summed E-state index contributed by atoms with van der Waals surface area (Å²) in [4.78, 5) is 14.5. The van der Waals surface area contributed by atoms with Gasteiger partial charge in [0.2, 0.25) is 0 Å². The van der Waals surface area contributed by atoms with Gasteiger partial charge in [-0.2, -0.15) is 5.10 Å². The zero-order chi connectivity index (χ0) is 18.7. The van der Waals surface area contributed by atoms with Gasteiger partial charge < -0.3 is 9.42 Å². The molecule has 0 aliphatic heterocycles. The Balaban J connectivity index is 1.70. The SMILES string of the molecule is Cc1noc(C(C)C)c1C(=O)N(C)Cc1cnn(Cc2ccccc2)c1. The molecule has 6 nitrogen and oxygen atoms in total. The number of carbonyl (C=O) groups excluding carboxylic acids is 1. The average molecular weight is 352 g/mol. The molecule has 1 amide bonds. The van der Waals surface area contributed by atoms with Crippen LogP contribution in [0.4, 0.5) is 0 Å². The number of rotatable bonds is 6. The fraction of sp³-hybridized carbons (Fsp3) is 0.350. The number of benzene rings is 1. The second kappa shape index (κ2) is 7.56. The number of nitrogens with zero attached hydrogens (tertiary/aromatic N) is 4. The summed E-state index contributed by atoms with van der Waals surface area (Å²) in [6.07, 6.45) is 3.77. The van der Waals surface area contributed by atoms with E-state index in [9.17, 15) is 4.79 Å². The molecule has 26 heavy (non-hydrogen) atoms. The largest absolute Gasteiger partial charge is 0.360 e. The van der Waals surface area contributed by atoms with Gasteiger partial charge in [0, 0.05) is 31.3 Å². The Labute approximate surface area is 153 Å². The Morgan fingerprint density at radius 2 is 1.96 bits per heavy atom. The summed E-state index contributed by atoms with van der Waals surface area (Å²) in [5.74, 6) is 0.666. The van der Waals surface area contributed by atoms with Gasteiger partial charge in [-0.05, 0) is 12.5 Å². The van der Waals surface area contributed by atoms with Crippen LogP contribution in [-0.4, -0.2) is 32.8 Å². The van der Waals surface area contributed by atoms with Gasteiger partial charge >= 0.3 is 0 Å². The van der Waals surface area contributed by atoms with E-state index in [0.29, 0.717) is 30.1 Å². The summed E-state index contributed by atoms with van der Waals surface area (Å²) >= 11 is 0. The van der Waals surface area contributed by atoms with E-state index < -0.39 is 0 Å². The third-order valence-corrected chi connectivity index (χ3v) is 4.27. The van der Waals surface area contributed by atoms with E-state index in [-0.39, 0.29) is 11.8 Å². The van der Waals surface area contributed by atoms with Gasteiger partial charge in [0.05, 0.1) is 18.4 Å². The van der Waals surface area contributed by atoms with Crippen molar-refractivity contribution in [2.75, 3.05) is 7.05 Å². The summed E-state index contributed by atoms with van der Waals surface area (Å²) in [7, 11) is 1.79. The second-order valence-corrected chi connectivity index (χ2v) is 6.85. The highest BCUT2D eigenvalue weighted by molar-refractivity contribution is 5.96. The van der Waals surface area contributed by atoms with Crippen LogP contribution in [-0.2, 0) is 13.1 Å². The summed E-state index contributed by atoms with van der Waals surface area (Å²) < 4.78 is 7.22. The lowest BCUT2D eigenvalue weighted by Crippen LogP contribution is -2.27. The second-order valence-electron chi connectivity index (χ2n) is 6.85. The third kappa shape index (κ3) is 3.85. The third-order valence-electron chi connectivity index (χ3n) is 4.27. The maximum Gasteiger partial charge on any atom is 0.259 e. The fourth-order valence-electron chi connectivity index (χ4n) is 2.92. The Bertz CT molecular complexity index is 880. The summed E-state index contributed by atoms with van der Waals surface area (Å²) in [5.41, 5.74) is 3.37. The molecule has 1 aromatic carbocycles. The highest BCUT2D eigenvalue weighted by Crippen LogP contribution is 2.23. The first-order chi connectivity index (χ1) is 12.5. The van der Waals surface area contributed by atoms with E-state index in [2.05, 4.69) is 22.4 Å². The van der Waals surface area contributed by atoms with Crippen molar-refractivity contribution in [2.45, 2.75) is 39.8 Å². The molecule has 0 radical (unpaired) electrons. The monoisotopic (exact) mass is 352 g/mol. The molecule has 0 unspecified atom stereocenters. The van der Waals surface area contributed by atoms with Gasteiger partial charge in [0.15, 0.2) is 5.76 Å². The highest BCUT2D eigenvalue weighted by Gasteiger charge is 2.25. The number of hydrogen-bond acceptors (Lipinski definition) is 4. The number of hydrogen-bond donors (Lipinski definition) is 0. The molecule has 0 aliphatic rings. The topological polar surface area (TPSA) is 64.2 Å². The molecule has 136 valence electrons. The first kappa shape index (κ1) is 17.9. The van der Waals surface area contributed by atoms with Crippen molar-refractivity contribution in [1.29, 1.82) is 0 Å². The van der Waals surface area contributed by atoms with Crippen molar-refractivity contribution in [2.24, 2.45) is 0 Å². The van der Waals surface area contributed by atoms with E-state index in [0.717, 1.165) is 5.56 Å². The molecule has 2 aromatic heterocycles. The number of carbonyl (C=O) groups is 1. The minimum Gasteiger partial charge on any atom is -0.360 e. The molecule has 0 saturated heterocycles. The Kier molecular flexibility index (Phi) is 5.21. The van der Waals surface area contributed by atoms with Crippen LogP contribution in [0.5, 0.6) is 0 Å². The normalized spacial score (nSPS) is 11.1. The van der Waals surface area contributed by atoms with Crippen molar-refractivity contribution in [3.05, 3.63) is 70.9 Å². The highest BCUT2D eigenvalue weighted by atomic mass is 16.5. The van der Waals surface area contributed by atoms with Crippen molar-refractivity contribution in [3.8, 4) is 0 Å². The standard InChI is InChI=1S/C20H24N4O2/c1-14(2)19-18(15(3)22-26-19)20(25)23(4)11-17-10-21-24(13-17)12-16-8-6-5-7-9-16/h5-10,13-14H,11-12H2,1-4H3. The Morgan fingerprint density at radius 1 is 1.23 bits per heavy atom. The van der Waals surface area contributed by atoms with Gasteiger partial charge in [0.1, 0.15) is 5.56 Å². The van der Waals surface area contributed by atoms with Crippen LogP contribution < -0.4 is 0 Å². The first-order valence-electron chi connectivity index (χ1n) is 8.72. The summed E-state index contributed by atoms with van der Waals surface area (Å²) in [6.45, 7) is 6.97. The zero-order valence-corrected chi connectivity index (χ0v) is 15.6. The molecule has 3 rings (SSSR count). The predicted molar refractivity (Wildman–Crippen MR) is 98.9 cm³/mol. The van der Waals surface area contributed by atoms with Crippen LogP contribution in [0.3, 0.4) is 0 Å². The number of aryl methyl sites for hydroxylation is 1. The van der Waals surface area contributed by atoms with Crippen LogP contribution >= 0.6 is 0 Å². The first-order valence-corrected chi connectivity index (χ1v) is 8.72. The van der Waals surface area contributed by atoms with E-state index in [1.807, 2.05) is 42.9 Å². The van der Waals surface area contributed by atoms with Crippen LogP contribution in [0, 0.1) is 6.92 Å². The van der Waals surface area contributed by atoms with Gasteiger partial charge in [-0.3, -0.25) is 9.48 Å². The van der Waals surface area contributed by atoms with Gasteiger partial charge in [0.25, 0.3) is 5.91 Å². The van der Waals surface area contributed by atoms with Gasteiger partial charge in [-0.15, -0.1) is 0 Å². The molecule has 0 atom stereocenters. The van der Waals surface area contributed by atoms with Gasteiger partial charge in [-0.1, -0.05) is 49.3 Å². The van der Waals surface area contributed by atoms with Crippen molar-refractivity contribution in [3.63, 3.8) is 0 Å². The smallest absolute Gasteiger partial charge is 0.259 e. The van der Waals surface area contributed by atoms with E-state index in [1.165, 1.54) is 5.56 Å². The lowest BCUT2D eigenvalue weighted by Gasteiger charge is -2.16. The molecule has 0 fully saturated rings. The predicted octanol–water partition coefficient (Wildman–Crippen LogP) is 3.62. The molecule has 0 bridgehead atoms. The van der Waals surface area contributed by atoms with Crippen molar-refractivity contribution < 1.29 is 9.32 Å². The Hall–Kier alpha value is -2.89. The van der Waals surface area contributed by atoms with Crippen LogP contribution in [0.2, 0.25) is 0 Å². The minimum atomic E-state index is -0.0803. The molecule has 2 heterocycles. The molecule has 0 spiro atoms. The lowest BCUT2D eigenvalue weighted by atomic mass is 10.0. The van der Waals surface area contributed by atoms with Crippen LogP contribution in [0.15, 0.2) is 47.2 Å². The lowest BCUT2D eigenvalue weighted by molar-refractivity contribution is 0.0781. The number of amides is 1. The molecule has 0 aliphatic carbocycles. The average Bonchev–Trinajstić information content (AvgIpc) is 3.21. The fourth-order valence-corrected chi connectivity index (χ4v) is 2.92. The molecule has 0 N–H and O–H groups in total. The quantitative estimate of drug-likeness (QED) is 0.680. The van der Waals surface area contributed by atoms with Crippen molar-refractivity contribution >= 4 is 5.91 Å². The van der Waals surface area contributed by atoms with E-state index >= 15 is 0 Å². The van der Waals surface area contributed by atoms with Crippen LogP contribution in [0.1, 0.15) is 52.7 Å².